The van der Waals surface area contributed by atoms with E-state index in [1.165, 1.54) is 15.5 Å². The number of pyridine rings is 1. The Morgan fingerprint density at radius 1 is 1.50 bits per heavy atom. The van der Waals surface area contributed by atoms with Gasteiger partial charge in [0, 0.05) is 18.8 Å². The van der Waals surface area contributed by atoms with Crippen molar-refractivity contribution >= 4 is 5.91 Å². The van der Waals surface area contributed by atoms with Gasteiger partial charge in [-0.05, 0) is 13.0 Å². The summed E-state index contributed by atoms with van der Waals surface area (Å²) in [7, 11) is 1.66. The molecule has 0 unspecified atom stereocenters. The Labute approximate surface area is 104 Å². The third kappa shape index (κ3) is 2.52. The van der Waals surface area contributed by atoms with E-state index in [0.29, 0.717) is 5.75 Å². The molecule has 1 aromatic rings. The molecule has 1 saturated heterocycles. The molecular formula is C12H15FN2O3. The molecule has 5 nitrogen and oxygen atoms in total. The molecule has 1 amide bonds. The van der Waals surface area contributed by atoms with Gasteiger partial charge in [0.05, 0.1) is 13.1 Å². The zero-order valence-corrected chi connectivity index (χ0v) is 10.4. The maximum Gasteiger partial charge on any atom is 0.260 e. The number of aryl methyl sites for hydroxylation is 1. The Balaban J connectivity index is 1.94. The van der Waals surface area contributed by atoms with E-state index < -0.39 is 6.17 Å². The average molecular weight is 254 g/mol. The van der Waals surface area contributed by atoms with E-state index in [4.69, 9.17) is 4.74 Å². The molecule has 1 aliphatic rings. The minimum absolute atomic E-state index is 0.137. The summed E-state index contributed by atoms with van der Waals surface area (Å²) in [6.45, 7) is 1.88. The van der Waals surface area contributed by atoms with E-state index in [-0.39, 0.29) is 31.2 Å². The third-order valence-corrected chi connectivity index (χ3v) is 3.03. The second kappa shape index (κ2) is 4.80. The summed E-state index contributed by atoms with van der Waals surface area (Å²) >= 11 is 0. The van der Waals surface area contributed by atoms with Crippen molar-refractivity contribution in [2.75, 3.05) is 19.7 Å². The van der Waals surface area contributed by atoms with Crippen LogP contribution in [0.2, 0.25) is 0 Å². The molecular weight excluding hydrogens is 239 g/mol. The number of carbonyl (C=O) groups excluding carboxylic acids is 1. The number of hydrogen-bond donors (Lipinski definition) is 0. The Morgan fingerprint density at radius 2 is 2.17 bits per heavy atom. The number of aromatic nitrogens is 1. The predicted octanol–water partition coefficient (Wildman–Crippen LogP) is 0.253. The van der Waals surface area contributed by atoms with E-state index >= 15 is 0 Å². The first-order valence-corrected chi connectivity index (χ1v) is 5.69. The van der Waals surface area contributed by atoms with Gasteiger partial charge in [0.2, 0.25) is 0 Å². The molecule has 1 fully saturated rings. The fraction of sp³-hybridized carbons (Fsp3) is 0.500. The summed E-state index contributed by atoms with van der Waals surface area (Å²) < 4.78 is 19.3. The molecule has 0 N–H and O–H groups in total. The van der Waals surface area contributed by atoms with Crippen molar-refractivity contribution < 1.29 is 13.9 Å². The molecule has 0 aliphatic carbocycles. The van der Waals surface area contributed by atoms with Crippen molar-refractivity contribution in [2.24, 2.45) is 7.05 Å². The largest absolute Gasteiger partial charge is 0.484 e. The van der Waals surface area contributed by atoms with E-state index in [1.807, 2.05) is 0 Å². The Kier molecular flexibility index (Phi) is 3.36. The topological polar surface area (TPSA) is 51.5 Å². The normalized spacial score (nSPS) is 15.4. The molecule has 0 aromatic carbocycles. The predicted molar refractivity (Wildman–Crippen MR) is 63.4 cm³/mol. The van der Waals surface area contributed by atoms with Crippen LogP contribution in [0.1, 0.15) is 5.69 Å². The van der Waals surface area contributed by atoms with Gasteiger partial charge >= 0.3 is 0 Å². The zero-order chi connectivity index (χ0) is 13.3. The van der Waals surface area contributed by atoms with E-state index in [0.717, 1.165) is 5.69 Å². The second-order valence-electron chi connectivity index (χ2n) is 4.41. The van der Waals surface area contributed by atoms with Crippen LogP contribution in [-0.4, -0.2) is 41.2 Å². The highest BCUT2D eigenvalue weighted by atomic mass is 19.1. The van der Waals surface area contributed by atoms with Gasteiger partial charge in [-0.2, -0.15) is 0 Å². The van der Waals surface area contributed by atoms with Crippen LogP contribution in [-0.2, 0) is 11.8 Å². The monoisotopic (exact) mass is 254 g/mol. The number of ether oxygens (including phenoxy) is 1. The maximum atomic E-state index is 12.6. The minimum atomic E-state index is -0.916. The van der Waals surface area contributed by atoms with Gasteiger partial charge in [0.1, 0.15) is 11.9 Å². The molecule has 6 heteroatoms. The highest BCUT2D eigenvalue weighted by molar-refractivity contribution is 5.78. The number of halogens is 1. The number of carbonyl (C=O) groups is 1. The molecule has 1 aromatic heterocycles. The van der Waals surface area contributed by atoms with E-state index in [1.54, 1.807) is 20.0 Å². The van der Waals surface area contributed by atoms with Crippen LogP contribution in [0.3, 0.4) is 0 Å². The van der Waals surface area contributed by atoms with Gasteiger partial charge in [0.25, 0.3) is 11.5 Å². The van der Waals surface area contributed by atoms with Crippen LogP contribution in [0, 0.1) is 6.92 Å². The fourth-order valence-corrected chi connectivity index (χ4v) is 1.68. The van der Waals surface area contributed by atoms with Gasteiger partial charge in [-0.25, -0.2) is 4.39 Å². The average Bonchev–Trinajstić information content (AvgIpc) is 2.28. The summed E-state index contributed by atoms with van der Waals surface area (Å²) in [5, 5.41) is 0. The third-order valence-electron chi connectivity index (χ3n) is 3.03. The number of amides is 1. The first kappa shape index (κ1) is 12.6. The fourth-order valence-electron chi connectivity index (χ4n) is 1.68. The zero-order valence-electron chi connectivity index (χ0n) is 10.4. The summed E-state index contributed by atoms with van der Waals surface area (Å²) in [5.41, 5.74) is 0.558. The van der Waals surface area contributed by atoms with E-state index in [2.05, 4.69) is 0 Å². The highest BCUT2D eigenvalue weighted by Gasteiger charge is 2.30. The summed E-state index contributed by atoms with van der Waals surface area (Å²) in [6, 6.07) is 3.01. The first-order valence-electron chi connectivity index (χ1n) is 5.69. The first-order chi connectivity index (χ1) is 8.47. The standard InChI is InChI=1S/C12H15FN2O3/c1-8-3-10(4-11(16)14(8)2)18-7-12(17)15-5-9(13)6-15/h3-4,9H,5-7H2,1-2H3. The summed E-state index contributed by atoms with van der Waals surface area (Å²) in [6.07, 6.45) is -0.916. The van der Waals surface area contributed by atoms with Crippen LogP contribution in [0.15, 0.2) is 16.9 Å². The lowest BCUT2D eigenvalue weighted by molar-refractivity contribution is -0.140. The van der Waals surface area contributed by atoms with Crippen molar-refractivity contribution in [3.63, 3.8) is 0 Å². The summed E-state index contributed by atoms with van der Waals surface area (Å²) in [5.74, 6) is 0.100. The van der Waals surface area contributed by atoms with Crippen molar-refractivity contribution in [1.29, 1.82) is 0 Å². The van der Waals surface area contributed by atoms with Crippen molar-refractivity contribution in [1.82, 2.24) is 9.47 Å². The number of nitrogens with zero attached hydrogens (tertiary/aromatic N) is 2. The number of hydrogen-bond acceptors (Lipinski definition) is 3. The molecule has 0 bridgehead atoms. The molecule has 2 heterocycles. The molecule has 18 heavy (non-hydrogen) atoms. The molecule has 0 atom stereocenters. The van der Waals surface area contributed by atoms with Crippen molar-refractivity contribution in [2.45, 2.75) is 13.1 Å². The van der Waals surface area contributed by atoms with Crippen molar-refractivity contribution in [3.05, 3.63) is 28.2 Å². The summed E-state index contributed by atoms with van der Waals surface area (Å²) in [4.78, 5) is 24.4. The number of rotatable bonds is 3. The van der Waals surface area contributed by atoms with Crippen LogP contribution < -0.4 is 10.3 Å². The highest BCUT2D eigenvalue weighted by Crippen LogP contribution is 2.13. The van der Waals surface area contributed by atoms with Gasteiger partial charge in [-0.15, -0.1) is 0 Å². The van der Waals surface area contributed by atoms with Crippen LogP contribution in [0.5, 0.6) is 5.75 Å². The smallest absolute Gasteiger partial charge is 0.260 e. The van der Waals surface area contributed by atoms with Gasteiger partial charge < -0.3 is 14.2 Å². The molecule has 0 radical (unpaired) electrons. The van der Waals surface area contributed by atoms with Gasteiger partial charge in [0.15, 0.2) is 6.61 Å². The molecule has 0 saturated carbocycles. The quantitative estimate of drug-likeness (QED) is 0.777. The van der Waals surface area contributed by atoms with Gasteiger partial charge in [-0.1, -0.05) is 0 Å². The molecule has 98 valence electrons. The maximum absolute atomic E-state index is 12.6. The lowest BCUT2D eigenvalue weighted by Gasteiger charge is -2.34. The van der Waals surface area contributed by atoms with Gasteiger partial charge in [-0.3, -0.25) is 9.59 Å². The molecule has 1 aliphatic heterocycles. The lowest BCUT2D eigenvalue weighted by Crippen LogP contribution is -2.52. The lowest BCUT2D eigenvalue weighted by atomic mass is 10.2. The Bertz CT molecular complexity index is 521. The Hall–Kier alpha value is -1.85. The Morgan fingerprint density at radius 3 is 2.72 bits per heavy atom. The minimum Gasteiger partial charge on any atom is -0.484 e. The number of likely N-dealkylation sites (tertiary alicyclic amines) is 1. The van der Waals surface area contributed by atoms with Crippen LogP contribution in [0.25, 0.3) is 0 Å². The second-order valence-corrected chi connectivity index (χ2v) is 4.41. The SMILES string of the molecule is Cc1cc(OCC(=O)N2CC(F)C2)cc(=O)n1C. The van der Waals surface area contributed by atoms with Crippen molar-refractivity contribution in [3.8, 4) is 5.75 Å². The van der Waals surface area contributed by atoms with E-state index in [9.17, 15) is 14.0 Å². The molecule has 0 spiro atoms. The molecule has 2 rings (SSSR count). The van der Waals surface area contributed by atoms with Crippen LogP contribution >= 0.6 is 0 Å². The number of alkyl halides is 1. The van der Waals surface area contributed by atoms with Crippen LogP contribution in [0.4, 0.5) is 4.39 Å².